The van der Waals surface area contributed by atoms with Gasteiger partial charge < -0.3 is 19.1 Å². The molecule has 0 N–H and O–H groups in total. The average molecular weight is 390 g/mol. The second-order valence-corrected chi connectivity index (χ2v) is 6.23. The highest BCUT2D eigenvalue weighted by atomic mass is 32.1. The van der Waals surface area contributed by atoms with Crippen molar-refractivity contribution in [1.29, 1.82) is 0 Å². The SMILES string of the molecule is COc1cc(F)ccc1CN1CC(=O)N(c2ccc(OC)c(OC)c2)C1=S. The number of carbonyl (C=O) groups excluding carboxylic acids is 1. The van der Waals surface area contributed by atoms with Gasteiger partial charge in [0.2, 0.25) is 0 Å². The van der Waals surface area contributed by atoms with E-state index in [1.807, 2.05) is 0 Å². The fraction of sp³-hybridized carbons (Fsp3) is 0.263. The molecule has 142 valence electrons. The molecule has 1 amide bonds. The van der Waals surface area contributed by atoms with E-state index in [9.17, 15) is 9.18 Å². The molecule has 1 aliphatic heterocycles. The molecule has 1 fully saturated rings. The second kappa shape index (κ2) is 7.79. The Bertz CT molecular complexity index is 890. The Morgan fingerprint density at radius 3 is 2.37 bits per heavy atom. The van der Waals surface area contributed by atoms with Crippen LogP contribution in [0.1, 0.15) is 5.56 Å². The Kier molecular flexibility index (Phi) is 5.46. The Hall–Kier alpha value is -2.87. The number of anilines is 1. The molecular weight excluding hydrogens is 371 g/mol. The van der Waals surface area contributed by atoms with E-state index in [4.69, 9.17) is 26.4 Å². The predicted molar refractivity (Wildman–Crippen MR) is 103 cm³/mol. The van der Waals surface area contributed by atoms with E-state index in [1.54, 1.807) is 36.3 Å². The Morgan fingerprint density at radius 1 is 1.00 bits per heavy atom. The summed E-state index contributed by atoms with van der Waals surface area (Å²) in [6.07, 6.45) is 0. The minimum Gasteiger partial charge on any atom is -0.496 e. The summed E-state index contributed by atoms with van der Waals surface area (Å²) in [4.78, 5) is 15.8. The van der Waals surface area contributed by atoms with Crippen LogP contribution < -0.4 is 19.1 Å². The molecule has 0 atom stereocenters. The van der Waals surface area contributed by atoms with Crippen LogP contribution >= 0.6 is 12.2 Å². The molecule has 2 aromatic carbocycles. The topological polar surface area (TPSA) is 51.2 Å². The third-order valence-electron chi connectivity index (χ3n) is 4.27. The summed E-state index contributed by atoms with van der Waals surface area (Å²) in [5, 5.41) is 0.360. The smallest absolute Gasteiger partial charge is 0.252 e. The van der Waals surface area contributed by atoms with Gasteiger partial charge in [-0.05, 0) is 30.4 Å². The van der Waals surface area contributed by atoms with Crippen LogP contribution in [-0.4, -0.2) is 43.8 Å². The first kappa shape index (κ1) is 18.9. The van der Waals surface area contributed by atoms with Crippen molar-refractivity contribution in [3.63, 3.8) is 0 Å². The number of methoxy groups -OCH3 is 3. The van der Waals surface area contributed by atoms with Crippen molar-refractivity contribution in [3.8, 4) is 17.2 Å². The second-order valence-electron chi connectivity index (χ2n) is 5.86. The number of ether oxygens (including phenoxy) is 3. The molecular formula is C19H19FN2O4S. The number of halogens is 1. The number of thiocarbonyl (C=S) groups is 1. The van der Waals surface area contributed by atoms with Crippen LogP contribution in [0.5, 0.6) is 17.2 Å². The first-order valence-corrected chi connectivity index (χ1v) is 8.55. The quantitative estimate of drug-likeness (QED) is 0.707. The normalized spacial score (nSPS) is 13.9. The molecule has 0 unspecified atom stereocenters. The van der Waals surface area contributed by atoms with Crippen LogP contribution in [0.4, 0.5) is 10.1 Å². The van der Waals surface area contributed by atoms with Gasteiger partial charge in [0.05, 0.1) is 27.0 Å². The van der Waals surface area contributed by atoms with Crippen LogP contribution in [0.2, 0.25) is 0 Å². The molecule has 0 bridgehead atoms. The van der Waals surface area contributed by atoms with Gasteiger partial charge in [-0.2, -0.15) is 0 Å². The van der Waals surface area contributed by atoms with Gasteiger partial charge in [-0.3, -0.25) is 9.69 Å². The van der Waals surface area contributed by atoms with Crippen molar-refractivity contribution < 1.29 is 23.4 Å². The zero-order chi connectivity index (χ0) is 19.6. The number of hydrogen-bond donors (Lipinski definition) is 0. The van der Waals surface area contributed by atoms with Gasteiger partial charge in [-0.25, -0.2) is 4.39 Å². The number of benzene rings is 2. The molecule has 3 rings (SSSR count). The molecule has 8 heteroatoms. The summed E-state index contributed by atoms with van der Waals surface area (Å²) in [6.45, 7) is 0.450. The Labute approximate surface area is 162 Å². The van der Waals surface area contributed by atoms with E-state index in [2.05, 4.69) is 0 Å². The zero-order valence-electron chi connectivity index (χ0n) is 15.2. The molecule has 27 heavy (non-hydrogen) atoms. The lowest BCUT2D eigenvalue weighted by atomic mass is 10.2. The van der Waals surface area contributed by atoms with Crippen LogP contribution in [0.25, 0.3) is 0 Å². The van der Waals surface area contributed by atoms with Gasteiger partial charge in [0.25, 0.3) is 5.91 Å². The maximum absolute atomic E-state index is 13.4. The molecule has 0 aliphatic carbocycles. The van der Waals surface area contributed by atoms with E-state index in [1.165, 1.54) is 31.3 Å². The third-order valence-corrected chi connectivity index (χ3v) is 4.71. The highest BCUT2D eigenvalue weighted by molar-refractivity contribution is 7.80. The van der Waals surface area contributed by atoms with Gasteiger partial charge in [-0.15, -0.1) is 0 Å². The molecule has 1 heterocycles. The molecule has 6 nitrogen and oxygen atoms in total. The lowest BCUT2D eigenvalue weighted by Gasteiger charge is -2.22. The third kappa shape index (κ3) is 3.66. The van der Waals surface area contributed by atoms with E-state index >= 15 is 0 Å². The fourth-order valence-corrected chi connectivity index (χ4v) is 3.28. The number of nitrogens with zero attached hydrogens (tertiary/aromatic N) is 2. The van der Waals surface area contributed by atoms with Gasteiger partial charge in [0.15, 0.2) is 16.6 Å². The lowest BCUT2D eigenvalue weighted by molar-refractivity contribution is -0.116. The Morgan fingerprint density at radius 2 is 1.70 bits per heavy atom. The van der Waals surface area contributed by atoms with Crippen LogP contribution in [0, 0.1) is 5.82 Å². The largest absolute Gasteiger partial charge is 0.496 e. The summed E-state index contributed by atoms with van der Waals surface area (Å²) in [5.41, 5.74) is 1.33. The van der Waals surface area contributed by atoms with E-state index in [0.717, 1.165) is 5.56 Å². The average Bonchev–Trinajstić information content (AvgIpc) is 2.95. The maximum Gasteiger partial charge on any atom is 0.252 e. The monoisotopic (exact) mass is 390 g/mol. The van der Waals surface area contributed by atoms with Crippen molar-refractivity contribution >= 4 is 28.9 Å². The van der Waals surface area contributed by atoms with Gasteiger partial charge in [0, 0.05) is 24.2 Å². The van der Waals surface area contributed by atoms with Crippen molar-refractivity contribution in [2.45, 2.75) is 6.54 Å². The highest BCUT2D eigenvalue weighted by Gasteiger charge is 2.34. The van der Waals surface area contributed by atoms with Gasteiger partial charge in [0.1, 0.15) is 18.1 Å². The molecule has 0 saturated carbocycles. The van der Waals surface area contributed by atoms with E-state index in [0.29, 0.717) is 34.6 Å². The van der Waals surface area contributed by atoms with E-state index in [-0.39, 0.29) is 18.3 Å². The minimum absolute atomic E-state index is 0.119. The van der Waals surface area contributed by atoms with Crippen molar-refractivity contribution in [2.24, 2.45) is 0 Å². The summed E-state index contributed by atoms with van der Waals surface area (Å²) in [6, 6.07) is 9.45. The number of carbonyl (C=O) groups is 1. The lowest BCUT2D eigenvalue weighted by Crippen LogP contribution is -2.32. The minimum atomic E-state index is -0.386. The van der Waals surface area contributed by atoms with E-state index < -0.39 is 0 Å². The standard InChI is InChI=1S/C19H19FN2O4S/c1-24-15-7-6-14(9-17(15)26-3)22-18(23)11-21(19(22)27)10-12-4-5-13(20)8-16(12)25-2/h4-9H,10-11H2,1-3H3. The highest BCUT2D eigenvalue weighted by Crippen LogP contribution is 2.33. The first-order chi connectivity index (χ1) is 13.0. The number of amides is 1. The van der Waals surface area contributed by atoms with Crippen molar-refractivity contribution in [3.05, 3.63) is 47.8 Å². The van der Waals surface area contributed by atoms with Crippen LogP contribution in [-0.2, 0) is 11.3 Å². The van der Waals surface area contributed by atoms with Gasteiger partial charge >= 0.3 is 0 Å². The summed E-state index contributed by atoms with van der Waals surface area (Å²) < 4.78 is 29.2. The first-order valence-electron chi connectivity index (χ1n) is 8.14. The zero-order valence-corrected chi connectivity index (χ0v) is 16.0. The molecule has 0 radical (unpaired) electrons. The summed E-state index contributed by atoms with van der Waals surface area (Å²) in [5.74, 6) is 0.932. The van der Waals surface area contributed by atoms with Gasteiger partial charge in [-0.1, -0.05) is 6.07 Å². The van der Waals surface area contributed by atoms with Crippen LogP contribution in [0.3, 0.4) is 0 Å². The Balaban J connectivity index is 1.85. The van der Waals surface area contributed by atoms with Crippen molar-refractivity contribution in [2.75, 3.05) is 32.8 Å². The predicted octanol–water partition coefficient (Wildman–Crippen LogP) is 2.99. The number of hydrogen-bond acceptors (Lipinski definition) is 5. The molecule has 1 aliphatic rings. The fourth-order valence-electron chi connectivity index (χ4n) is 2.95. The summed E-state index contributed by atoms with van der Waals surface area (Å²) >= 11 is 5.51. The molecule has 0 aromatic heterocycles. The van der Waals surface area contributed by atoms with Crippen molar-refractivity contribution in [1.82, 2.24) is 4.90 Å². The molecule has 1 saturated heterocycles. The molecule has 0 spiro atoms. The number of rotatable bonds is 6. The summed E-state index contributed by atoms with van der Waals surface area (Å²) in [7, 11) is 4.54. The maximum atomic E-state index is 13.4. The van der Waals surface area contributed by atoms with Crippen LogP contribution in [0.15, 0.2) is 36.4 Å². The molecule has 2 aromatic rings.